The number of guanidine groups is 1. The number of likely N-dealkylation sites (tertiary alicyclic amines) is 1. The van der Waals surface area contributed by atoms with Crippen molar-refractivity contribution < 1.29 is 4.74 Å². The van der Waals surface area contributed by atoms with Crippen LogP contribution in [-0.2, 0) is 13.2 Å². The van der Waals surface area contributed by atoms with Crippen LogP contribution in [0.15, 0.2) is 53.7 Å². The Morgan fingerprint density at radius 1 is 1.13 bits per heavy atom. The standard InChI is InChI=1S/C24H33N5O/c1-25-24(28-21-12-14-29(17-21)22-9-5-6-10-22)27-16-20-11-13-26-23(15-20)30-18-19-7-3-2-4-8-19/h2-4,7-8,11,13,15,21-22H,5-6,9-10,12,14,16-18H2,1H3,(H2,25,27,28). The molecule has 6 heteroatoms. The van der Waals surface area contributed by atoms with Gasteiger partial charge in [-0.2, -0.15) is 0 Å². The molecular formula is C24H33N5O. The monoisotopic (exact) mass is 407 g/mol. The molecule has 2 heterocycles. The number of rotatable bonds is 7. The normalized spacial score (nSPS) is 20.4. The van der Waals surface area contributed by atoms with Crippen molar-refractivity contribution >= 4 is 5.96 Å². The van der Waals surface area contributed by atoms with E-state index in [1.54, 1.807) is 6.20 Å². The number of aromatic nitrogens is 1. The van der Waals surface area contributed by atoms with E-state index in [0.29, 0.717) is 25.1 Å². The average Bonchev–Trinajstić information content (AvgIpc) is 3.48. The fourth-order valence-electron chi connectivity index (χ4n) is 4.45. The largest absolute Gasteiger partial charge is 0.473 e. The summed E-state index contributed by atoms with van der Waals surface area (Å²) in [5.41, 5.74) is 2.26. The van der Waals surface area contributed by atoms with Gasteiger partial charge in [0, 0.05) is 51.0 Å². The zero-order valence-electron chi connectivity index (χ0n) is 17.9. The number of pyridine rings is 1. The first kappa shape index (κ1) is 20.7. The van der Waals surface area contributed by atoms with Crippen LogP contribution in [0.4, 0.5) is 0 Å². The third kappa shape index (κ3) is 5.72. The quantitative estimate of drug-likeness (QED) is 0.544. The molecule has 1 aromatic carbocycles. The summed E-state index contributed by atoms with van der Waals surface area (Å²) in [5.74, 6) is 1.50. The predicted molar refractivity (Wildman–Crippen MR) is 121 cm³/mol. The van der Waals surface area contributed by atoms with E-state index in [1.165, 1.54) is 38.6 Å². The molecule has 30 heavy (non-hydrogen) atoms. The lowest BCUT2D eigenvalue weighted by molar-refractivity contribution is 0.242. The molecule has 0 amide bonds. The van der Waals surface area contributed by atoms with Crippen molar-refractivity contribution in [3.63, 3.8) is 0 Å². The number of nitrogens with zero attached hydrogens (tertiary/aromatic N) is 3. The lowest BCUT2D eigenvalue weighted by atomic mass is 10.2. The summed E-state index contributed by atoms with van der Waals surface area (Å²) in [6.45, 7) is 3.53. The smallest absolute Gasteiger partial charge is 0.213 e. The van der Waals surface area contributed by atoms with Gasteiger partial charge < -0.3 is 15.4 Å². The second-order valence-corrected chi connectivity index (χ2v) is 8.27. The highest BCUT2D eigenvalue weighted by Gasteiger charge is 2.30. The van der Waals surface area contributed by atoms with Gasteiger partial charge in [-0.15, -0.1) is 0 Å². The minimum atomic E-state index is 0.471. The van der Waals surface area contributed by atoms with Gasteiger partial charge >= 0.3 is 0 Å². The van der Waals surface area contributed by atoms with Gasteiger partial charge in [0.05, 0.1) is 0 Å². The van der Waals surface area contributed by atoms with Crippen LogP contribution in [0, 0.1) is 0 Å². The van der Waals surface area contributed by atoms with Crippen molar-refractivity contribution in [2.45, 2.75) is 57.3 Å². The highest BCUT2D eigenvalue weighted by molar-refractivity contribution is 5.80. The average molecular weight is 408 g/mol. The first-order valence-corrected chi connectivity index (χ1v) is 11.1. The molecule has 0 radical (unpaired) electrons. The van der Waals surface area contributed by atoms with Crippen LogP contribution in [0.3, 0.4) is 0 Å². The van der Waals surface area contributed by atoms with E-state index in [-0.39, 0.29) is 0 Å². The maximum atomic E-state index is 5.84. The SMILES string of the molecule is CN=C(NCc1ccnc(OCc2ccccc2)c1)NC1CCN(C2CCCC2)C1. The summed E-state index contributed by atoms with van der Waals surface area (Å²) in [7, 11) is 1.83. The van der Waals surface area contributed by atoms with Gasteiger partial charge in [0.1, 0.15) is 6.61 Å². The molecule has 0 bridgehead atoms. The Labute approximate surface area is 179 Å². The summed E-state index contributed by atoms with van der Waals surface area (Å²) >= 11 is 0. The van der Waals surface area contributed by atoms with Gasteiger partial charge in [0.2, 0.25) is 5.88 Å². The molecule has 6 nitrogen and oxygen atoms in total. The minimum Gasteiger partial charge on any atom is -0.473 e. The molecule has 1 unspecified atom stereocenters. The molecule has 160 valence electrons. The Kier molecular flexibility index (Phi) is 7.19. The first-order chi connectivity index (χ1) is 14.8. The van der Waals surface area contributed by atoms with E-state index < -0.39 is 0 Å². The molecule has 1 aromatic heterocycles. The molecule has 2 fully saturated rings. The van der Waals surface area contributed by atoms with E-state index >= 15 is 0 Å². The van der Waals surface area contributed by atoms with E-state index in [1.807, 2.05) is 37.4 Å². The van der Waals surface area contributed by atoms with Crippen LogP contribution < -0.4 is 15.4 Å². The fourth-order valence-corrected chi connectivity index (χ4v) is 4.45. The number of hydrogen-bond donors (Lipinski definition) is 2. The molecule has 2 aromatic rings. The van der Waals surface area contributed by atoms with Crippen LogP contribution in [0.2, 0.25) is 0 Å². The molecule has 4 rings (SSSR count). The summed E-state index contributed by atoms with van der Waals surface area (Å²) in [6, 6.07) is 15.4. The van der Waals surface area contributed by atoms with Crippen LogP contribution in [-0.4, -0.2) is 48.1 Å². The Hall–Kier alpha value is -2.60. The second kappa shape index (κ2) is 10.4. The molecule has 1 saturated carbocycles. The van der Waals surface area contributed by atoms with Crippen molar-refractivity contribution in [2.75, 3.05) is 20.1 Å². The van der Waals surface area contributed by atoms with Crippen molar-refractivity contribution in [3.05, 3.63) is 59.8 Å². The summed E-state index contributed by atoms with van der Waals surface area (Å²) in [6.07, 6.45) is 8.51. The van der Waals surface area contributed by atoms with Crippen LogP contribution in [0.5, 0.6) is 5.88 Å². The highest BCUT2D eigenvalue weighted by Crippen LogP contribution is 2.26. The van der Waals surface area contributed by atoms with Crippen molar-refractivity contribution in [2.24, 2.45) is 4.99 Å². The summed E-state index contributed by atoms with van der Waals surface area (Å²) in [4.78, 5) is 11.4. The van der Waals surface area contributed by atoms with Crippen molar-refractivity contribution in [1.82, 2.24) is 20.5 Å². The third-order valence-electron chi connectivity index (χ3n) is 6.11. The maximum Gasteiger partial charge on any atom is 0.213 e. The van der Waals surface area contributed by atoms with E-state index in [9.17, 15) is 0 Å². The van der Waals surface area contributed by atoms with E-state index in [0.717, 1.165) is 29.7 Å². The molecule has 1 atom stereocenters. The predicted octanol–water partition coefficient (Wildman–Crippen LogP) is 3.34. The molecule has 0 spiro atoms. The van der Waals surface area contributed by atoms with Gasteiger partial charge in [0.15, 0.2) is 5.96 Å². The molecular weight excluding hydrogens is 374 g/mol. The lowest BCUT2D eigenvalue weighted by Crippen LogP contribution is -2.45. The Morgan fingerprint density at radius 2 is 1.97 bits per heavy atom. The van der Waals surface area contributed by atoms with Gasteiger partial charge in [-0.1, -0.05) is 43.2 Å². The number of nitrogens with one attached hydrogen (secondary N) is 2. The Morgan fingerprint density at radius 3 is 2.77 bits per heavy atom. The Bertz CT molecular complexity index is 819. The van der Waals surface area contributed by atoms with Gasteiger partial charge in [-0.05, 0) is 36.5 Å². The maximum absolute atomic E-state index is 5.84. The fraction of sp³-hybridized carbons (Fsp3) is 0.500. The van der Waals surface area contributed by atoms with E-state index in [4.69, 9.17) is 4.74 Å². The molecule has 1 aliphatic carbocycles. The third-order valence-corrected chi connectivity index (χ3v) is 6.11. The number of hydrogen-bond acceptors (Lipinski definition) is 4. The topological polar surface area (TPSA) is 61.8 Å². The number of benzene rings is 1. The van der Waals surface area contributed by atoms with Gasteiger partial charge in [0.25, 0.3) is 0 Å². The zero-order valence-corrected chi connectivity index (χ0v) is 17.9. The molecule has 2 aliphatic rings. The van der Waals surface area contributed by atoms with Gasteiger partial charge in [-0.3, -0.25) is 9.89 Å². The van der Waals surface area contributed by atoms with Crippen molar-refractivity contribution in [1.29, 1.82) is 0 Å². The molecule has 2 N–H and O–H groups in total. The molecule has 1 aliphatic heterocycles. The number of ether oxygens (including phenoxy) is 1. The molecule has 1 saturated heterocycles. The lowest BCUT2D eigenvalue weighted by Gasteiger charge is -2.24. The van der Waals surface area contributed by atoms with Crippen molar-refractivity contribution in [3.8, 4) is 5.88 Å². The minimum absolute atomic E-state index is 0.471. The van der Waals surface area contributed by atoms with Crippen LogP contribution in [0.25, 0.3) is 0 Å². The van der Waals surface area contributed by atoms with Gasteiger partial charge in [-0.25, -0.2) is 4.98 Å². The first-order valence-electron chi connectivity index (χ1n) is 11.1. The van der Waals surface area contributed by atoms with E-state index in [2.05, 4.69) is 37.6 Å². The van der Waals surface area contributed by atoms with Crippen LogP contribution in [0.1, 0.15) is 43.2 Å². The summed E-state index contributed by atoms with van der Waals surface area (Å²) < 4.78 is 5.84. The second-order valence-electron chi connectivity index (χ2n) is 8.27. The number of aliphatic imine (C=N–C) groups is 1. The zero-order chi connectivity index (χ0) is 20.6. The summed E-state index contributed by atoms with van der Waals surface area (Å²) in [5, 5.41) is 7.04. The van der Waals surface area contributed by atoms with Crippen LogP contribution >= 0.6 is 0 Å². The Balaban J connectivity index is 1.24. The highest BCUT2D eigenvalue weighted by atomic mass is 16.5.